The van der Waals surface area contributed by atoms with Gasteiger partial charge in [-0.25, -0.2) is 4.39 Å². The average Bonchev–Trinajstić information content (AvgIpc) is 2.30. The van der Waals surface area contributed by atoms with E-state index in [1.807, 2.05) is 0 Å². The van der Waals surface area contributed by atoms with Crippen LogP contribution in [0.3, 0.4) is 0 Å². The molecule has 2 rings (SSSR count). The number of anilines is 1. The summed E-state index contributed by atoms with van der Waals surface area (Å²) in [5.41, 5.74) is 0.710. The number of hydrogen-bond acceptors (Lipinski definition) is 2. The van der Waals surface area contributed by atoms with Crippen LogP contribution < -0.4 is 10.9 Å². The second kappa shape index (κ2) is 5.86. The largest absolute Gasteiger partial charge is 0.345 e. The molecule has 1 aromatic heterocycles. The normalized spacial score (nSPS) is 10.3. The number of hydrogen-bond donors (Lipinski definition) is 1. The highest BCUT2D eigenvalue weighted by atomic mass is 35.5. The molecule has 2 radical (unpaired) electrons. The summed E-state index contributed by atoms with van der Waals surface area (Å²) in [6.07, 6.45) is 0. The van der Waals surface area contributed by atoms with Gasteiger partial charge in [0, 0.05) is 15.7 Å². The molecule has 94 valence electrons. The van der Waals surface area contributed by atoms with E-state index in [2.05, 4.69) is 10.3 Å². The molecule has 0 saturated carbocycles. The summed E-state index contributed by atoms with van der Waals surface area (Å²) in [4.78, 5) is 3.95. The minimum atomic E-state index is -0.556. The zero-order valence-electron chi connectivity index (χ0n) is 9.45. The molecule has 7 heteroatoms. The molecule has 0 aliphatic heterocycles. The van der Waals surface area contributed by atoms with Crippen LogP contribution in [0, 0.1) is 5.82 Å². The van der Waals surface area contributed by atoms with Gasteiger partial charge in [-0.05, 0) is 35.9 Å². The zero-order chi connectivity index (χ0) is 14.0. The van der Waals surface area contributed by atoms with Gasteiger partial charge < -0.3 is 5.32 Å². The molecule has 0 unspecified atom stereocenters. The summed E-state index contributed by atoms with van der Waals surface area (Å²) in [6.45, 7) is 0. The van der Waals surface area contributed by atoms with Gasteiger partial charge in [0.1, 0.15) is 18.5 Å². The predicted octanol–water partition coefficient (Wildman–Crippen LogP) is 3.11. The van der Waals surface area contributed by atoms with Gasteiger partial charge >= 0.3 is 0 Å². The third kappa shape index (κ3) is 3.66. The summed E-state index contributed by atoms with van der Waals surface area (Å²) in [5, 5.41) is 3.70. The van der Waals surface area contributed by atoms with E-state index in [0.717, 1.165) is 0 Å². The van der Waals surface area contributed by atoms with Gasteiger partial charge in [0.15, 0.2) is 5.82 Å². The fraction of sp³-hybridized carbons (Fsp3) is 0. The lowest BCUT2D eigenvalue weighted by molar-refractivity contribution is 0.619. The van der Waals surface area contributed by atoms with Crippen molar-refractivity contribution in [3.05, 3.63) is 51.9 Å². The molecule has 19 heavy (non-hydrogen) atoms. The van der Waals surface area contributed by atoms with Crippen LogP contribution in [0.2, 0.25) is 10.0 Å². The lowest BCUT2D eigenvalue weighted by Crippen LogP contribution is -2.20. The number of pyridine rings is 1. The van der Waals surface area contributed by atoms with Crippen molar-refractivity contribution >= 4 is 59.5 Å². The molecule has 0 saturated heterocycles. The Balaban J connectivity index is 2.28. The van der Waals surface area contributed by atoms with Gasteiger partial charge in [0.2, 0.25) is 0 Å². The number of benzene rings is 1. The summed E-state index contributed by atoms with van der Waals surface area (Å²) < 4.78 is 13.6. The quantitative estimate of drug-likeness (QED) is 0.681. The molecular weight excluding hydrogens is 305 g/mol. The molecule has 0 amide bonds. The third-order valence-electron chi connectivity index (χ3n) is 2.20. The van der Waals surface area contributed by atoms with Gasteiger partial charge in [-0.15, -0.1) is 0 Å². The minimum absolute atomic E-state index is 0.0221. The molecule has 1 heterocycles. The highest BCUT2D eigenvalue weighted by Crippen LogP contribution is 2.23. The Morgan fingerprint density at radius 2 is 1.84 bits per heavy atom. The first-order valence-electron chi connectivity index (χ1n) is 5.15. The zero-order valence-corrected chi connectivity index (χ0v) is 11.8. The Kier molecular flexibility index (Phi) is 4.40. The Hall–Kier alpha value is -1.17. The first-order valence-corrected chi connectivity index (χ1v) is 6.31. The van der Waals surface area contributed by atoms with Crippen LogP contribution in [-0.4, -0.2) is 17.8 Å². The fourth-order valence-electron chi connectivity index (χ4n) is 1.43. The Bertz CT molecular complexity index is 631. The molecule has 1 aromatic carbocycles. The number of aromatic nitrogens is 1. The van der Waals surface area contributed by atoms with Crippen LogP contribution in [0.5, 0.6) is 0 Å². The van der Waals surface area contributed by atoms with E-state index in [4.69, 9.17) is 43.3 Å². The Labute approximate surface area is 126 Å². The van der Waals surface area contributed by atoms with Crippen LogP contribution >= 0.6 is 35.4 Å². The van der Waals surface area contributed by atoms with Crippen LogP contribution in [0.25, 0.3) is 0 Å². The Morgan fingerprint density at radius 3 is 2.47 bits per heavy atom. The van der Waals surface area contributed by atoms with E-state index >= 15 is 0 Å². The van der Waals surface area contributed by atoms with Gasteiger partial charge in [-0.3, -0.25) is 4.98 Å². The summed E-state index contributed by atoms with van der Waals surface area (Å²) in [5.74, 6) is -0.556. The second-order valence-electron chi connectivity index (χ2n) is 3.68. The first kappa shape index (κ1) is 14.2. The Morgan fingerprint density at radius 1 is 1.21 bits per heavy atom. The van der Waals surface area contributed by atoms with E-state index in [0.29, 0.717) is 15.7 Å². The van der Waals surface area contributed by atoms with Crippen molar-refractivity contribution in [3.63, 3.8) is 0 Å². The number of rotatable bonds is 2. The number of nitrogens with zero attached hydrogens (tertiary/aromatic N) is 1. The van der Waals surface area contributed by atoms with Gasteiger partial charge in [-0.1, -0.05) is 35.4 Å². The maximum Gasteiger partial charge on any atom is 0.151 e. The smallest absolute Gasteiger partial charge is 0.151 e. The summed E-state index contributed by atoms with van der Waals surface area (Å²) in [7, 11) is 5.50. The monoisotopic (exact) mass is 310 g/mol. The van der Waals surface area contributed by atoms with Crippen molar-refractivity contribution in [3.8, 4) is 0 Å². The molecule has 0 spiro atoms. The van der Waals surface area contributed by atoms with Gasteiger partial charge in [-0.2, -0.15) is 0 Å². The minimum Gasteiger partial charge on any atom is -0.345 e. The van der Waals surface area contributed by atoms with E-state index in [1.165, 1.54) is 12.1 Å². The molecule has 0 aliphatic carbocycles. The first-order chi connectivity index (χ1) is 8.95. The van der Waals surface area contributed by atoms with Crippen molar-refractivity contribution in [2.24, 2.45) is 0 Å². The van der Waals surface area contributed by atoms with Crippen molar-refractivity contribution in [2.45, 2.75) is 0 Å². The van der Waals surface area contributed by atoms with E-state index in [9.17, 15) is 4.39 Å². The second-order valence-corrected chi connectivity index (χ2v) is 4.96. The van der Waals surface area contributed by atoms with E-state index < -0.39 is 5.82 Å². The SMILES string of the molecule is [B]c1ccc(F)c(C(=S)Nc2cc(Cl)cc(Cl)c2)n1. The van der Waals surface area contributed by atoms with E-state index in [-0.39, 0.29) is 16.3 Å². The number of halogens is 3. The van der Waals surface area contributed by atoms with Crippen molar-refractivity contribution in [1.29, 1.82) is 0 Å². The van der Waals surface area contributed by atoms with Crippen LogP contribution in [0.15, 0.2) is 30.3 Å². The highest BCUT2D eigenvalue weighted by molar-refractivity contribution is 7.81. The fourth-order valence-corrected chi connectivity index (χ4v) is 2.22. The molecule has 0 bridgehead atoms. The standard InChI is InChI=1S/C12H6BCl2FN2S/c13-10-2-1-9(16)11(18-10)12(19)17-8-4-6(14)3-7(15)5-8/h1-5H,(H,17,19). The maximum atomic E-state index is 13.6. The molecule has 0 fully saturated rings. The molecule has 1 N–H and O–H groups in total. The van der Waals surface area contributed by atoms with Crippen LogP contribution in [-0.2, 0) is 0 Å². The van der Waals surface area contributed by atoms with E-state index in [1.54, 1.807) is 18.2 Å². The van der Waals surface area contributed by atoms with Gasteiger partial charge in [0.05, 0.1) is 0 Å². The number of nitrogens with one attached hydrogen (secondary N) is 1. The van der Waals surface area contributed by atoms with Gasteiger partial charge in [0.25, 0.3) is 0 Å². The van der Waals surface area contributed by atoms with Crippen LogP contribution in [0.1, 0.15) is 5.69 Å². The predicted molar refractivity (Wildman–Crippen MR) is 81.4 cm³/mol. The lowest BCUT2D eigenvalue weighted by Gasteiger charge is -2.09. The summed E-state index contributed by atoms with van der Waals surface area (Å²) >= 11 is 16.8. The highest BCUT2D eigenvalue weighted by Gasteiger charge is 2.10. The molecule has 0 aliphatic rings. The van der Waals surface area contributed by atoms with Crippen molar-refractivity contribution in [2.75, 3.05) is 5.32 Å². The molecular formula is C12H6BCl2FN2S. The molecule has 0 atom stereocenters. The average molecular weight is 311 g/mol. The third-order valence-corrected chi connectivity index (χ3v) is 2.93. The molecule has 2 aromatic rings. The number of thiocarbonyl (C=S) groups is 1. The summed E-state index contributed by atoms with van der Waals surface area (Å²) in [6, 6.07) is 7.37. The molecule has 2 nitrogen and oxygen atoms in total. The van der Waals surface area contributed by atoms with Crippen LogP contribution in [0.4, 0.5) is 10.1 Å². The topological polar surface area (TPSA) is 24.9 Å². The lowest BCUT2D eigenvalue weighted by atomic mass is 10.0. The van der Waals surface area contributed by atoms with Crippen molar-refractivity contribution < 1.29 is 4.39 Å². The van der Waals surface area contributed by atoms with Crippen molar-refractivity contribution in [1.82, 2.24) is 4.98 Å². The maximum absolute atomic E-state index is 13.6.